The second-order valence-electron chi connectivity index (χ2n) is 6.12. The first-order valence-corrected chi connectivity index (χ1v) is 8.31. The highest BCUT2D eigenvalue weighted by atomic mass is 19.3. The van der Waals surface area contributed by atoms with Gasteiger partial charge in [-0.05, 0) is 11.6 Å². The van der Waals surface area contributed by atoms with Gasteiger partial charge in [0.05, 0.1) is 12.4 Å². The monoisotopic (exact) mass is 366 g/mol. The number of alkyl halides is 2. The lowest BCUT2D eigenvalue weighted by Gasteiger charge is -2.04. The van der Waals surface area contributed by atoms with Crippen molar-refractivity contribution in [1.29, 1.82) is 0 Å². The van der Waals surface area contributed by atoms with E-state index in [1.165, 1.54) is 10.9 Å². The average Bonchev–Trinajstić information content (AvgIpc) is 3.31. The molecule has 0 N–H and O–H groups in total. The molecule has 0 aliphatic carbocycles. The van der Waals surface area contributed by atoms with E-state index >= 15 is 0 Å². The van der Waals surface area contributed by atoms with E-state index in [9.17, 15) is 8.78 Å². The molecule has 0 aliphatic heterocycles. The Balaban J connectivity index is 1.58. The van der Waals surface area contributed by atoms with Gasteiger partial charge in [0.2, 0.25) is 0 Å². The van der Waals surface area contributed by atoms with E-state index < -0.39 is 13.0 Å². The third kappa shape index (κ3) is 3.74. The second kappa shape index (κ2) is 7.06. The summed E-state index contributed by atoms with van der Waals surface area (Å²) in [5.74, 6) is 0.587. The molecule has 0 radical (unpaired) electrons. The molecule has 3 heterocycles. The lowest BCUT2D eigenvalue weighted by Crippen LogP contribution is -2.06. The Morgan fingerprint density at radius 3 is 2.26 bits per heavy atom. The minimum absolute atomic E-state index is 0.430. The van der Waals surface area contributed by atoms with Gasteiger partial charge in [0.25, 0.3) is 6.43 Å². The number of aromatic nitrogens is 6. The molecule has 0 spiro atoms. The van der Waals surface area contributed by atoms with E-state index in [2.05, 4.69) is 20.2 Å². The summed E-state index contributed by atoms with van der Waals surface area (Å²) in [7, 11) is 1.87. The lowest BCUT2D eigenvalue weighted by molar-refractivity contribution is 0.122. The standard InChI is InChI=1S/C19H16F2N6/c1-26-10-16(8-24-26)13-3-2-4-14(5-13)19-22-6-15(7-23-19)17-9-25-27(11-17)12-18(20)21/h2-11,18H,12H2,1H3. The van der Waals surface area contributed by atoms with Crippen molar-refractivity contribution in [1.82, 2.24) is 29.5 Å². The molecule has 0 saturated carbocycles. The van der Waals surface area contributed by atoms with Gasteiger partial charge in [0.1, 0.15) is 6.54 Å². The Kier molecular flexibility index (Phi) is 4.45. The summed E-state index contributed by atoms with van der Waals surface area (Å²) in [6.45, 7) is -0.430. The molecule has 0 bridgehead atoms. The Labute approximate surface area is 154 Å². The zero-order chi connectivity index (χ0) is 18.8. The molecule has 3 aromatic heterocycles. The SMILES string of the molecule is Cn1cc(-c2cccc(-c3ncc(-c4cnn(CC(F)F)c4)cn3)c2)cn1. The summed E-state index contributed by atoms with van der Waals surface area (Å²) in [6.07, 6.45) is 7.74. The van der Waals surface area contributed by atoms with Gasteiger partial charge in [-0.25, -0.2) is 18.7 Å². The van der Waals surface area contributed by atoms with Crippen LogP contribution in [-0.2, 0) is 13.6 Å². The molecule has 0 unspecified atom stereocenters. The second-order valence-corrected chi connectivity index (χ2v) is 6.12. The summed E-state index contributed by atoms with van der Waals surface area (Å²) in [4.78, 5) is 8.84. The van der Waals surface area contributed by atoms with Crippen molar-refractivity contribution in [2.75, 3.05) is 0 Å². The molecule has 136 valence electrons. The summed E-state index contributed by atoms with van der Waals surface area (Å²) in [6, 6.07) is 7.90. The van der Waals surface area contributed by atoms with Crippen molar-refractivity contribution in [3.05, 3.63) is 61.4 Å². The zero-order valence-corrected chi connectivity index (χ0v) is 14.5. The quantitative estimate of drug-likeness (QED) is 0.541. The molecule has 0 fully saturated rings. The van der Waals surface area contributed by atoms with E-state index in [0.717, 1.165) is 22.3 Å². The summed E-state index contributed by atoms with van der Waals surface area (Å²) >= 11 is 0. The minimum Gasteiger partial charge on any atom is -0.275 e. The maximum Gasteiger partial charge on any atom is 0.257 e. The van der Waals surface area contributed by atoms with Crippen LogP contribution in [0.2, 0.25) is 0 Å². The van der Waals surface area contributed by atoms with Gasteiger partial charge < -0.3 is 0 Å². The fourth-order valence-corrected chi connectivity index (χ4v) is 2.79. The van der Waals surface area contributed by atoms with Crippen LogP contribution in [0.15, 0.2) is 61.4 Å². The highest BCUT2D eigenvalue weighted by molar-refractivity contribution is 5.70. The van der Waals surface area contributed by atoms with E-state index in [4.69, 9.17) is 0 Å². The first kappa shape index (κ1) is 17.0. The summed E-state index contributed by atoms with van der Waals surface area (Å²) in [5, 5.41) is 8.12. The van der Waals surface area contributed by atoms with Crippen LogP contribution in [0.25, 0.3) is 33.6 Å². The van der Waals surface area contributed by atoms with Gasteiger partial charge in [-0.1, -0.05) is 18.2 Å². The highest BCUT2D eigenvalue weighted by Crippen LogP contribution is 2.25. The Hall–Kier alpha value is -3.42. The predicted molar refractivity (Wildman–Crippen MR) is 96.9 cm³/mol. The molecular weight excluding hydrogens is 350 g/mol. The predicted octanol–water partition coefficient (Wildman–Crippen LogP) is 3.67. The maximum atomic E-state index is 12.4. The smallest absolute Gasteiger partial charge is 0.257 e. The third-order valence-electron chi connectivity index (χ3n) is 4.10. The van der Waals surface area contributed by atoms with Crippen molar-refractivity contribution in [3.63, 3.8) is 0 Å². The normalized spacial score (nSPS) is 11.3. The van der Waals surface area contributed by atoms with Crippen molar-refractivity contribution in [2.45, 2.75) is 13.0 Å². The highest BCUT2D eigenvalue weighted by Gasteiger charge is 2.09. The van der Waals surface area contributed by atoms with Crippen LogP contribution in [0, 0.1) is 0 Å². The number of benzene rings is 1. The van der Waals surface area contributed by atoms with E-state index in [0.29, 0.717) is 11.4 Å². The van der Waals surface area contributed by atoms with E-state index in [-0.39, 0.29) is 0 Å². The first-order chi connectivity index (χ1) is 13.1. The van der Waals surface area contributed by atoms with Crippen LogP contribution in [-0.4, -0.2) is 36.0 Å². The fraction of sp³-hybridized carbons (Fsp3) is 0.158. The van der Waals surface area contributed by atoms with Crippen LogP contribution >= 0.6 is 0 Å². The maximum absolute atomic E-state index is 12.4. The molecule has 8 heteroatoms. The van der Waals surface area contributed by atoms with Crippen LogP contribution in [0.4, 0.5) is 8.78 Å². The third-order valence-corrected chi connectivity index (χ3v) is 4.10. The molecule has 0 saturated heterocycles. The Morgan fingerprint density at radius 1 is 0.852 bits per heavy atom. The van der Waals surface area contributed by atoms with Crippen LogP contribution in [0.3, 0.4) is 0 Å². The van der Waals surface area contributed by atoms with Crippen molar-refractivity contribution in [2.24, 2.45) is 7.05 Å². The molecule has 0 aliphatic rings. The van der Waals surface area contributed by atoms with Gasteiger partial charge in [-0.2, -0.15) is 10.2 Å². The largest absolute Gasteiger partial charge is 0.275 e. The number of aryl methyl sites for hydroxylation is 1. The van der Waals surface area contributed by atoms with E-state index in [1.807, 2.05) is 37.5 Å². The van der Waals surface area contributed by atoms with Crippen molar-refractivity contribution in [3.8, 4) is 33.6 Å². The van der Waals surface area contributed by atoms with Gasteiger partial charge in [-0.3, -0.25) is 9.36 Å². The molecule has 27 heavy (non-hydrogen) atoms. The summed E-state index contributed by atoms with van der Waals surface area (Å²) < 4.78 is 27.8. The lowest BCUT2D eigenvalue weighted by atomic mass is 10.1. The number of rotatable bonds is 5. The minimum atomic E-state index is -2.44. The first-order valence-electron chi connectivity index (χ1n) is 8.31. The van der Waals surface area contributed by atoms with Gasteiger partial charge in [0.15, 0.2) is 5.82 Å². The summed E-state index contributed by atoms with van der Waals surface area (Å²) in [5.41, 5.74) is 4.36. The van der Waals surface area contributed by atoms with Crippen LogP contribution in [0.5, 0.6) is 0 Å². The average molecular weight is 366 g/mol. The van der Waals surface area contributed by atoms with Crippen LogP contribution in [0.1, 0.15) is 0 Å². The molecular formula is C19H16F2N6. The Morgan fingerprint density at radius 2 is 1.56 bits per heavy atom. The topological polar surface area (TPSA) is 61.4 Å². The molecule has 0 atom stereocenters. The molecule has 6 nitrogen and oxygen atoms in total. The number of nitrogens with zero attached hydrogens (tertiary/aromatic N) is 6. The van der Waals surface area contributed by atoms with Gasteiger partial charge in [-0.15, -0.1) is 0 Å². The fourth-order valence-electron chi connectivity index (χ4n) is 2.79. The van der Waals surface area contributed by atoms with Gasteiger partial charge in [0, 0.05) is 54.1 Å². The van der Waals surface area contributed by atoms with Gasteiger partial charge >= 0.3 is 0 Å². The molecule has 4 aromatic rings. The van der Waals surface area contributed by atoms with Crippen molar-refractivity contribution < 1.29 is 8.78 Å². The van der Waals surface area contributed by atoms with Crippen molar-refractivity contribution >= 4 is 0 Å². The Bertz CT molecular complexity index is 1050. The zero-order valence-electron chi connectivity index (χ0n) is 14.5. The molecule has 1 aromatic carbocycles. The van der Waals surface area contributed by atoms with E-state index in [1.54, 1.807) is 29.5 Å². The van der Waals surface area contributed by atoms with Crippen LogP contribution < -0.4 is 0 Å². The number of halogens is 2. The molecule has 0 amide bonds. The number of hydrogen-bond acceptors (Lipinski definition) is 4. The number of hydrogen-bond donors (Lipinski definition) is 0. The molecule has 4 rings (SSSR count).